The Morgan fingerprint density at radius 2 is 2.31 bits per heavy atom. The van der Waals surface area contributed by atoms with Crippen molar-refractivity contribution in [3.8, 4) is 0 Å². The minimum absolute atomic E-state index is 0.349. The van der Waals surface area contributed by atoms with Gasteiger partial charge in [-0.2, -0.15) is 5.10 Å². The third-order valence-corrected chi connectivity index (χ3v) is 2.66. The fraction of sp³-hybridized carbons (Fsp3) is 0.667. The van der Waals surface area contributed by atoms with Gasteiger partial charge in [0.25, 0.3) is 0 Å². The topological polar surface area (TPSA) is 29.9 Å². The third-order valence-electron chi connectivity index (χ3n) is 2.05. The Bertz CT molecular complexity index is 270. The van der Waals surface area contributed by atoms with Crippen LogP contribution in [0.5, 0.6) is 0 Å². The van der Waals surface area contributed by atoms with Gasteiger partial charge in [-0.25, -0.2) is 0 Å². The van der Waals surface area contributed by atoms with Crippen LogP contribution in [-0.4, -0.2) is 16.3 Å². The van der Waals surface area contributed by atoms with Crippen LogP contribution in [0, 0.1) is 0 Å². The summed E-state index contributed by atoms with van der Waals surface area (Å²) in [5, 5.41) is 7.64. The van der Waals surface area contributed by atoms with E-state index in [1.54, 1.807) is 0 Å². The molecule has 1 unspecified atom stereocenters. The highest BCUT2D eigenvalue weighted by atomic mass is 79.9. The molecule has 0 saturated heterocycles. The van der Waals surface area contributed by atoms with Crippen LogP contribution in [-0.2, 0) is 6.54 Å². The first kappa shape index (κ1) is 10.7. The van der Waals surface area contributed by atoms with Gasteiger partial charge in [0.2, 0.25) is 0 Å². The highest BCUT2D eigenvalue weighted by molar-refractivity contribution is 9.10. The predicted molar refractivity (Wildman–Crippen MR) is 57.7 cm³/mol. The van der Waals surface area contributed by atoms with E-state index in [0.29, 0.717) is 6.04 Å². The lowest BCUT2D eigenvalue weighted by molar-refractivity contribution is 0.520. The van der Waals surface area contributed by atoms with E-state index in [2.05, 4.69) is 47.1 Å². The molecule has 0 aliphatic rings. The van der Waals surface area contributed by atoms with Crippen LogP contribution in [0.4, 0.5) is 0 Å². The normalized spacial score (nSPS) is 13.2. The molecule has 1 atom stereocenters. The molecule has 1 rings (SSSR count). The van der Waals surface area contributed by atoms with Gasteiger partial charge in [0.15, 0.2) is 0 Å². The van der Waals surface area contributed by atoms with Crippen LogP contribution in [0.3, 0.4) is 0 Å². The first-order chi connectivity index (χ1) is 6.20. The average Bonchev–Trinajstić information content (AvgIpc) is 2.47. The summed E-state index contributed by atoms with van der Waals surface area (Å²) in [6.07, 6.45) is 1.85. The first-order valence-electron chi connectivity index (χ1n) is 4.65. The minimum atomic E-state index is 0.349. The molecule has 0 spiro atoms. The van der Waals surface area contributed by atoms with Gasteiger partial charge < -0.3 is 5.32 Å². The summed E-state index contributed by atoms with van der Waals surface area (Å²) in [5.74, 6) is 0. The molecular weight excluding hydrogens is 230 g/mol. The van der Waals surface area contributed by atoms with E-state index in [0.717, 1.165) is 17.6 Å². The van der Waals surface area contributed by atoms with Gasteiger partial charge >= 0.3 is 0 Å². The molecule has 0 aliphatic carbocycles. The van der Waals surface area contributed by atoms with Crippen molar-refractivity contribution >= 4 is 15.9 Å². The van der Waals surface area contributed by atoms with Crippen molar-refractivity contribution in [2.24, 2.45) is 0 Å². The first-order valence-corrected chi connectivity index (χ1v) is 5.44. The predicted octanol–water partition coefficient (Wildman–Crippen LogP) is 2.34. The monoisotopic (exact) mass is 245 g/mol. The molecule has 0 bridgehead atoms. The molecule has 0 radical (unpaired) electrons. The molecule has 1 aromatic rings. The van der Waals surface area contributed by atoms with Crippen LogP contribution < -0.4 is 5.32 Å². The third kappa shape index (κ3) is 2.31. The SMILES string of the molecule is CCNC(C)c1c(Br)cnn1CC. The van der Waals surface area contributed by atoms with Crippen molar-refractivity contribution in [2.45, 2.75) is 33.4 Å². The van der Waals surface area contributed by atoms with Crippen LogP contribution in [0.15, 0.2) is 10.7 Å². The largest absolute Gasteiger partial charge is 0.309 e. The lowest BCUT2D eigenvalue weighted by atomic mass is 10.2. The number of aryl methyl sites for hydroxylation is 1. The van der Waals surface area contributed by atoms with Crippen molar-refractivity contribution in [1.29, 1.82) is 0 Å². The standard InChI is InChI=1S/C9H16BrN3/c1-4-11-7(3)9-8(10)6-12-13(9)5-2/h6-7,11H,4-5H2,1-3H3. The van der Waals surface area contributed by atoms with E-state index in [9.17, 15) is 0 Å². The molecule has 0 fully saturated rings. The van der Waals surface area contributed by atoms with Gasteiger partial charge in [0.05, 0.1) is 16.4 Å². The Kier molecular flexibility index (Phi) is 3.93. The molecular formula is C9H16BrN3. The van der Waals surface area contributed by atoms with E-state index in [1.807, 2.05) is 10.9 Å². The van der Waals surface area contributed by atoms with Gasteiger partial charge in [-0.3, -0.25) is 4.68 Å². The van der Waals surface area contributed by atoms with E-state index < -0.39 is 0 Å². The molecule has 0 aromatic carbocycles. The van der Waals surface area contributed by atoms with Gasteiger partial charge in [0, 0.05) is 12.6 Å². The highest BCUT2D eigenvalue weighted by Crippen LogP contribution is 2.22. The van der Waals surface area contributed by atoms with Crippen molar-refractivity contribution in [3.63, 3.8) is 0 Å². The molecule has 13 heavy (non-hydrogen) atoms. The highest BCUT2D eigenvalue weighted by Gasteiger charge is 2.13. The van der Waals surface area contributed by atoms with Crippen molar-refractivity contribution < 1.29 is 0 Å². The molecule has 74 valence electrons. The fourth-order valence-electron chi connectivity index (χ4n) is 1.46. The Morgan fingerprint density at radius 1 is 1.62 bits per heavy atom. The van der Waals surface area contributed by atoms with Gasteiger partial charge in [-0.05, 0) is 36.3 Å². The molecule has 3 nitrogen and oxygen atoms in total. The van der Waals surface area contributed by atoms with E-state index in [4.69, 9.17) is 0 Å². The second-order valence-corrected chi connectivity index (χ2v) is 3.83. The molecule has 1 aromatic heterocycles. The van der Waals surface area contributed by atoms with E-state index >= 15 is 0 Å². The molecule has 4 heteroatoms. The number of nitrogens with zero attached hydrogens (tertiary/aromatic N) is 2. The van der Waals surface area contributed by atoms with Crippen molar-refractivity contribution in [3.05, 3.63) is 16.4 Å². The maximum Gasteiger partial charge on any atom is 0.0692 e. The van der Waals surface area contributed by atoms with Crippen LogP contribution in [0.1, 0.15) is 32.5 Å². The van der Waals surface area contributed by atoms with E-state index in [1.165, 1.54) is 5.69 Å². The number of halogens is 1. The zero-order valence-electron chi connectivity index (χ0n) is 8.34. The van der Waals surface area contributed by atoms with Crippen molar-refractivity contribution in [2.75, 3.05) is 6.54 Å². The van der Waals surface area contributed by atoms with Crippen LogP contribution in [0.2, 0.25) is 0 Å². The smallest absolute Gasteiger partial charge is 0.0692 e. The number of nitrogens with one attached hydrogen (secondary N) is 1. The summed E-state index contributed by atoms with van der Waals surface area (Å²) in [6, 6.07) is 0.349. The van der Waals surface area contributed by atoms with Crippen molar-refractivity contribution in [1.82, 2.24) is 15.1 Å². The lowest BCUT2D eigenvalue weighted by Gasteiger charge is -2.14. The lowest BCUT2D eigenvalue weighted by Crippen LogP contribution is -2.21. The maximum absolute atomic E-state index is 4.27. The average molecular weight is 246 g/mol. The second-order valence-electron chi connectivity index (χ2n) is 2.97. The Morgan fingerprint density at radius 3 is 2.85 bits per heavy atom. The fourth-order valence-corrected chi connectivity index (χ4v) is 2.10. The van der Waals surface area contributed by atoms with E-state index in [-0.39, 0.29) is 0 Å². The number of hydrogen-bond acceptors (Lipinski definition) is 2. The molecule has 0 amide bonds. The summed E-state index contributed by atoms with van der Waals surface area (Å²) in [4.78, 5) is 0. The number of aromatic nitrogens is 2. The summed E-state index contributed by atoms with van der Waals surface area (Å²) < 4.78 is 3.10. The summed E-state index contributed by atoms with van der Waals surface area (Å²) in [7, 11) is 0. The summed E-state index contributed by atoms with van der Waals surface area (Å²) in [6.45, 7) is 8.25. The summed E-state index contributed by atoms with van der Waals surface area (Å²) >= 11 is 3.51. The quantitative estimate of drug-likeness (QED) is 0.883. The molecule has 1 heterocycles. The number of hydrogen-bond donors (Lipinski definition) is 1. The second kappa shape index (κ2) is 4.77. The van der Waals surface area contributed by atoms with Gasteiger partial charge in [-0.15, -0.1) is 0 Å². The van der Waals surface area contributed by atoms with Gasteiger partial charge in [-0.1, -0.05) is 6.92 Å². The molecule has 0 saturated carbocycles. The minimum Gasteiger partial charge on any atom is -0.309 e. The Balaban J connectivity index is 2.89. The Hall–Kier alpha value is -0.350. The summed E-state index contributed by atoms with van der Waals surface area (Å²) in [5.41, 5.74) is 1.23. The number of rotatable bonds is 4. The maximum atomic E-state index is 4.27. The van der Waals surface area contributed by atoms with Crippen LogP contribution in [0.25, 0.3) is 0 Å². The molecule has 0 aliphatic heterocycles. The zero-order chi connectivity index (χ0) is 9.84. The molecule has 1 N–H and O–H groups in total. The Labute approximate surface area is 87.6 Å². The zero-order valence-corrected chi connectivity index (χ0v) is 9.93. The van der Waals surface area contributed by atoms with Gasteiger partial charge in [0.1, 0.15) is 0 Å². The van der Waals surface area contributed by atoms with Crippen LogP contribution >= 0.6 is 15.9 Å².